The minimum Gasteiger partial charge on any atom is -0.307 e. The van der Waals surface area contributed by atoms with Crippen molar-refractivity contribution >= 4 is 22.6 Å². The number of carbonyl (C=O) groups excluding carboxylic acids is 1. The Balaban J connectivity index is 1.33. The molecule has 140 valence electrons. The molecule has 1 saturated carbocycles. The summed E-state index contributed by atoms with van der Waals surface area (Å²) in [4.78, 5) is 16.7. The Bertz CT molecular complexity index is 1130. The molecule has 1 fully saturated rings. The summed E-state index contributed by atoms with van der Waals surface area (Å²) in [5.41, 5.74) is 2.77. The number of fused-ring (bicyclic) bond motifs is 1. The quantitative estimate of drug-likeness (QED) is 0.563. The number of aromatic nitrogens is 5. The van der Waals surface area contributed by atoms with E-state index in [-0.39, 0.29) is 12.5 Å². The molecule has 4 aromatic rings. The van der Waals surface area contributed by atoms with Gasteiger partial charge in [-0.2, -0.15) is 10.2 Å². The Morgan fingerprint density at radius 2 is 2.00 bits per heavy atom. The van der Waals surface area contributed by atoms with Crippen molar-refractivity contribution < 1.29 is 4.79 Å². The predicted octanol–water partition coefficient (Wildman–Crippen LogP) is 3.34. The van der Waals surface area contributed by atoms with Crippen LogP contribution in [-0.2, 0) is 17.9 Å². The topological polar surface area (TPSA) is 77.6 Å². The molecule has 7 heteroatoms. The van der Waals surface area contributed by atoms with Gasteiger partial charge in [0.05, 0.1) is 11.2 Å². The summed E-state index contributed by atoms with van der Waals surface area (Å²) >= 11 is 0. The fraction of sp³-hybridized carbons (Fsp3) is 0.238. The number of hydrogen-bond donors (Lipinski definition) is 1. The normalized spacial score (nSPS) is 13.7. The lowest BCUT2D eigenvalue weighted by Gasteiger charge is -2.03. The molecule has 1 aliphatic carbocycles. The molecule has 0 radical (unpaired) electrons. The van der Waals surface area contributed by atoms with Crippen LogP contribution in [0.5, 0.6) is 0 Å². The standard InChI is InChI=1S/C21H20N6O/c28-20(14-26-11-9-18(24-26)16-4-3-10-22-12-16)23-21-17-5-1-2-6-19(17)27(25-21)13-15-7-8-15/h1-6,9-12,15H,7-8,13-14H2,(H,23,25,28). The molecule has 28 heavy (non-hydrogen) atoms. The Labute approximate surface area is 162 Å². The van der Waals surface area contributed by atoms with E-state index >= 15 is 0 Å². The van der Waals surface area contributed by atoms with Gasteiger partial charge in [-0.15, -0.1) is 0 Å². The molecular formula is C21H20N6O. The summed E-state index contributed by atoms with van der Waals surface area (Å²) in [7, 11) is 0. The second-order valence-corrected chi connectivity index (χ2v) is 7.18. The van der Waals surface area contributed by atoms with Crippen LogP contribution in [0.3, 0.4) is 0 Å². The van der Waals surface area contributed by atoms with Gasteiger partial charge in [0.15, 0.2) is 5.82 Å². The van der Waals surface area contributed by atoms with Crippen LogP contribution in [0.15, 0.2) is 61.1 Å². The van der Waals surface area contributed by atoms with Gasteiger partial charge in [-0.05, 0) is 49.1 Å². The Hall–Kier alpha value is -3.48. The monoisotopic (exact) mass is 372 g/mol. The number of nitrogens with zero attached hydrogens (tertiary/aromatic N) is 5. The van der Waals surface area contributed by atoms with Crippen molar-refractivity contribution in [3.05, 3.63) is 61.1 Å². The van der Waals surface area contributed by atoms with Gasteiger partial charge in [0.2, 0.25) is 5.91 Å². The summed E-state index contributed by atoms with van der Waals surface area (Å²) in [6, 6.07) is 13.7. The summed E-state index contributed by atoms with van der Waals surface area (Å²) in [5.74, 6) is 1.17. The van der Waals surface area contributed by atoms with Crippen molar-refractivity contribution in [3.63, 3.8) is 0 Å². The zero-order chi connectivity index (χ0) is 18.9. The highest BCUT2D eigenvalue weighted by Crippen LogP contribution is 2.32. The predicted molar refractivity (Wildman–Crippen MR) is 107 cm³/mol. The highest BCUT2D eigenvalue weighted by molar-refractivity contribution is 5.99. The molecule has 0 spiro atoms. The van der Waals surface area contributed by atoms with Crippen LogP contribution < -0.4 is 5.32 Å². The lowest BCUT2D eigenvalue weighted by Crippen LogP contribution is -2.19. The van der Waals surface area contributed by atoms with Crippen molar-refractivity contribution in [2.24, 2.45) is 5.92 Å². The van der Waals surface area contributed by atoms with E-state index in [9.17, 15) is 4.79 Å². The van der Waals surface area contributed by atoms with Gasteiger partial charge in [-0.3, -0.25) is 19.1 Å². The third kappa shape index (κ3) is 3.38. The van der Waals surface area contributed by atoms with Crippen molar-refractivity contribution in [2.45, 2.75) is 25.9 Å². The van der Waals surface area contributed by atoms with Gasteiger partial charge in [0, 0.05) is 36.1 Å². The molecule has 0 atom stereocenters. The zero-order valence-corrected chi connectivity index (χ0v) is 15.3. The minimum atomic E-state index is -0.150. The summed E-state index contributed by atoms with van der Waals surface area (Å²) in [6.07, 6.45) is 7.79. The van der Waals surface area contributed by atoms with E-state index in [0.717, 1.165) is 28.7 Å². The van der Waals surface area contributed by atoms with E-state index in [1.807, 2.05) is 47.1 Å². The van der Waals surface area contributed by atoms with Gasteiger partial charge in [-0.25, -0.2) is 0 Å². The van der Waals surface area contributed by atoms with Gasteiger partial charge in [-0.1, -0.05) is 12.1 Å². The zero-order valence-electron chi connectivity index (χ0n) is 15.3. The Morgan fingerprint density at radius 1 is 1.11 bits per heavy atom. The average Bonchev–Trinajstić information content (AvgIpc) is 3.31. The maximum absolute atomic E-state index is 12.6. The fourth-order valence-electron chi connectivity index (χ4n) is 3.34. The van der Waals surface area contributed by atoms with E-state index in [0.29, 0.717) is 11.7 Å². The number of nitrogens with one attached hydrogen (secondary N) is 1. The number of rotatable bonds is 6. The molecule has 3 heterocycles. The summed E-state index contributed by atoms with van der Waals surface area (Å²) in [5, 5.41) is 13.0. The first-order chi connectivity index (χ1) is 13.8. The molecule has 0 bridgehead atoms. The molecule has 1 N–H and O–H groups in total. The largest absolute Gasteiger partial charge is 0.307 e. The van der Waals surface area contributed by atoms with Crippen LogP contribution >= 0.6 is 0 Å². The number of hydrogen-bond acceptors (Lipinski definition) is 4. The molecule has 1 amide bonds. The van der Waals surface area contributed by atoms with Crippen LogP contribution in [0, 0.1) is 5.92 Å². The van der Waals surface area contributed by atoms with Crippen LogP contribution in [0.2, 0.25) is 0 Å². The van der Waals surface area contributed by atoms with E-state index < -0.39 is 0 Å². The molecule has 0 aliphatic heterocycles. The summed E-state index contributed by atoms with van der Waals surface area (Å²) in [6.45, 7) is 1.04. The van der Waals surface area contributed by atoms with Crippen molar-refractivity contribution in [1.82, 2.24) is 24.5 Å². The highest BCUT2D eigenvalue weighted by Gasteiger charge is 2.24. The maximum Gasteiger partial charge on any atom is 0.247 e. The molecule has 3 aromatic heterocycles. The summed E-state index contributed by atoms with van der Waals surface area (Å²) < 4.78 is 3.64. The average molecular weight is 372 g/mol. The third-order valence-electron chi connectivity index (χ3n) is 4.95. The molecule has 1 aliphatic rings. The molecule has 7 nitrogen and oxygen atoms in total. The maximum atomic E-state index is 12.6. The second kappa shape index (κ2) is 6.92. The number of carbonyl (C=O) groups is 1. The first kappa shape index (κ1) is 16.7. The van der Waals surface area contributed by atoms with Crippen LogP contribution in [0.4, 0.5) is 5.82 Å². The van der Waals surface area contributed by atoms with E-state index in [1.54, 1.807) is 23.3 Å². The van der Waals surface area contributed by atoms with Crippen LogP contribution in [-0.4, -0.2) is 30.5 Å². The number of amides is 1. The lowest BCUT2D eigenvalue weighted by atomic mass is 10.2. The number of anilines is 1. The van der Waals surface area contributed by atoms with Crippen LogP contribution in [0.1, 0.15) is 12.8 Å². The Morgan fingerprint density at radius 3 is 2.82 bits per heavy atom. The van der Waals surface area contributed by atoms with Crippen molar-refractivity contribution in [2.75, 3.05) is 5.32 Å². The number of para-hydroxylation sites is 1. The minimum absolute atomic E-state index is 0.129. The van der Waals surface area contributed by atoms with Gasteiger partial charge in [0.1, 0.15) is 6.54 Å². The fourth-order valence-corrected chi connectivity index (χ4v) is 3.34. The van der Waals surface area contributed by atoms with Gasteiger partial charge >= 0.3 is 0 Å². The van der Waals surface area contributed by atoms with Gasteiger partial charge < -0.3 is 5.32 Å². The van der Waals surface area contributed by atoms with Crippen molar-refractivity contribution in [1.29, 1.82) is 0 Å². The number of pyridine rings is 1. The SMILES string of the molecule is O=C(Cn1ccc(-c2cccnc2)n1)Nc1nn(CC2CC2)c2ccccc12. The van der Waals surface area contributed by atoms with Gasteiger partial charge in [0.25, 0.3) is 0 Å². The molecular weight excluding hydrogens is 352 g/mol. The Kier molecular flexibility index (Phi) is 4.12. The number of benzene rings is 1. The lowest BCUT2D eigenvalue weighted by molar-refractivity contribution is -0.116. The molecule has 0 unspecified atom stereocenters. The van der Waals surface area contributed by atoms with E-state index in [1.165, 1.54) is 12.8 Å². The van der Waals surface area contributed by atoms with E-state index in [2.05, 4.69) is 20.5 Å². The van der Waals surface area contributed by atoms with E-state index in [4.69, 9.17) is 0 Å². The molecule has 5 rings (SSSR count). The second-order valence-electron chi connectivity index (χ2n) is 7.18. The highest BCUT2D eigenvalue weighted by atomic mass is 16.2. The van der Waals surface area contributed by atoms with Crippen molar-refractivity contribution in [3.8, 4) is 11.3 Å². The first-order valence-electron chi connectivity index (χ1n) is 9.45. The molecule has 0 saturated heterocycles. The first-order valence-corrected chi connectivity index (χ1v) is 9.45. The smallest absolute Gasteiger partial charge is 0.247 e. The third-order valence-corrected chi connectivity index (χ3v) is 4.95. The molecule has 1 aromatic carbocycles. The van der Waals surface area contributed by atoms with Crippen LogP contribution in [0.25, 0.3) is 22.2 Å².